The summed E-state index contributed by atoms with van der Waals surface area (Å²) < 4.78 is 5.39. The summed E-state index contributed by atoms with van der Waals surface area (Å²) in [4.78, 5) is 17.2. The fraction of sp³-hybridized carbons (Fsp3) is 0.550. The van der Waals surface area contributed by atoms with Crippen molar-refractivity contribution in [3.63, 3.8) is 0 Å². The van der Waals surface area contributed by atoms with Crippen molar-refractivity contribution in [1.82, 2.24) is 15.2 Å². The Labute approximate surface area is 168 Å². The second-order valence-electron chi connectivity index (χ2n) is 7.71. The van der Waals surface area contributed by atoms with Crippen LogP contribution < -0.4 is 0 Å². The molecule has 6 heteroatoms. The number of H-pyrrole nitrogens is 1. The lowest BCUT2D eigenvalue weighted by atomic mass is 9.75. The van der Waals surface area contributed by atoms with Gasteiger partial charge in [0.05, 0.1) is 0 Å². The summed E-state index contributed by atoms with van der Waals surface area (Å²) in [5, 5.41) is 7.15. The maximum Gasteiger partial charge on any atom is 0.327 e. The maximum atomic E-state index is 12.7. The second-order valence-corrected chi connectivity index (χ2v) is 8.95. The molecule has 2 aromatic rings. The summed E-state index contributed by atoms with van der Waals surface area (Å²) in [6.07, 6.45) is 2.19. The second kappa shape index (κ2) is 8.06. The monoisotopic (exact) mass is 467 g/mol. The Balaban J connectivity index is 1.68. The molecule has 0 spiro atoms. The number of aryl methyl sites for hydroxylation is 1. The van der Waals surface area contributed by atoms with Crippen molar-refractivity contribution in [1.29, 1.82) is 0 Å². The molecule has 3 atom stereocenters. The number of nitrogens with one attached hydrogen (secondary N) is 1. The first-order valence-corrected chi connectivity index (χ1v) is 10.4. The largest absolute Gasteiger partial charge is 0.461 e. The van der Waals surface area contributed by atoms with E-state index in [2.05, 4.69) is 58.5 Å². The number of ether oxygens (including phenoxy) is 1. The van der Waals surface area contributed by atoms with Crippen LogP contribution in [-0.4, -0.2) is 27.3 Å². The number of aromatic nitrogens is 3. The number of carbonyl (C=O) groups excluding carboxylic acids is 1. The molecule has 1 N–H and O–H groups in total. The summed E-state index contributed by atoms with van der Waals surface area (Å²) in [7, 11) is 0. The van der Waals surface area contributed by atoms with Gasteiger partial charge in [0.15, 0.2) is 9.75 Å². The molecule has 1 fully saturated rings. The molecular weight excluding hydrogens is 441 g/mol. The van der Waals surface area contributed by atoms with E-state index in [0.717, 1.165) is 18.4 Å². The molecule has 1 aromatic heterocycles. The highest BCUT2D eigenvalue weighted by Gasteiger charge is 2.36. The lowest BCUT2D eigenvalue weighted by molar-refractivity contribution is -0.156. The molecular formula is C20H26IN3O2. The Morgan fingerprint density at radius 2 is 1.81 bits per heavy atom. The molecule has 5 nitrogen and oxygen atoms in total. The molecule has 0 radical (unpaired) electrons. The van der Waals surface area contributed by atoms with Crippen LogP contribution in [0.25, 0.3) is 11.4 Å². The molecule has 0 amide bonds. The zero-order chi connectivity index (χ0) is 18.8. The molecule has 140 valence electrons. The number of rotatable bonds is 4. The zero-order valence-electron chi connectivity index (χ0n) is 15.7. The van der Waals surface area contributed by atoms with Crippen LogP contribution in [0.3, 0.4) is 0 Å². The molecule has 1 aliphatic rings. The highest BCUT2D eigenvalue weighted by molar-refractivity contribution is 14.1. The van der Waals surface area contributed by atoms with E-state index in [1.165, 1.54) is 5.56 Å². The van der Waals surface area contributed by atoms with Crippen LogP contribution in [-0.2, 0) is 9.53 Å². The Kier molecular flexibility index (Phi) is 5.99. The lowest BCUT2D eigenvalue weighted by Crippen LogP contribution is -2.38. The van der Waals surface area contributed by atoms with Crippen molar-refractivity contribution in [2.45, 2.75) is 50.6 Å². The summed E-state index contributed by atoms with van der Waals surface area (Å²) in [6.45, 7) is 8.66. The van der Waals surface area contributed by atoms with Gasteiger partial charge in [0.25, 0.3) is 0 Å². The third-order valence-corrected chi connectivity index (χ3v) is 6.28. The van der Waals surface area contributed by atoms with Crippen molar-refractivity contribution >= 4 is 28.6 Å². The van der Waals surface area contributed by atoms with Gasteiger partial charge < -0.3 is 4.74 Å². The van der Waals surface area contributed by atoms with Gasteiger partial charge in [0.1, 0.15) is 11.9 Å². The Morgan fingerprint density at radius 3 is 2.42 bits per heavy atom. The van der Waals surface area contributed by atoms with Gasteiger partial charge in [-0.15, -0.1) is 0 Å². The summed E-state index contributed by atoms with van der Waals surface area (Å²) in [6, 6.07) is 8.01. The molecule has 1 saturated carbocycles. The van der Waals surface area contributed by atoms with Crippen LogP contribution >= 0.6 is 22.6 Å². The summed E-state index contributed by atoms with van der Waals surface area (Å²) in [5.41, 5.74) is 2.11. The minimum atomic E-state index is -0.488. The number of aromatic amines is 1. The van der Waals surface area contributed by atoms with E-state index >= 15 is 0 Å². The van der Waals surface area contributed by atoms with E-state index in [1.54, 1.807) is 0 Å². The number of hydrogen-bond donors (Lipinski definition) is 1. The minimum absolute atomic E-state index is 0.0181. The third-order valence-electron chi connectivity index (χ3n) is 5.18. The van der Waals surface area contributed by atoms with Gasteiger partial charge in [-0.3, -0.25) is 9.89 Å². The van der Waals surface area contributed by atoms with Crippen molar-refractivity contribution in [3.8, 4) is 11.4 Å². The van der Waals surface area contributed by atoms with Crippen LogP contribution in [0, 0.1) is 24.7 Å². The van der Waals surface area contributed by atoms with Gasteiger partial charge in [-0.05, 0) is 37.5 Å². The third kappa shape index (κ3) is 4.27. The molecule has 1 aliphatic carbocycles. The van der Waals surface area contributed by atoms with E-state index in [4.69, 9.17) is 4.74 Å². The topological polar surface area (TPSA) is 67.9 Å². The highest BCUT2D eigenvalue weighted by atomic mass is 127. The van der Waals surface area contributed by atoms with E-state index in [0.29, 0.717) is 29.4 Å². The van der Waals surface area contributed by atoms with Crippen molar-refractivity contribution in [3.05, 3.63) is 35.7 Å². The number of alkyl halides is 1. The van der Waals surface area contributed by atoms with E-state index < -0.39 is 3.92 Å². The predicted molar refractivity (Wildman–Crippen MR) is 110 cm³/mol. The average molecular weight is 467 g/mol. The molecule has 26 heavy (non-hydrogen) atoms. The van der Waals surface area contributed by atoms with Gasteiger partial charge >= 0.3 is 5.97 Å². The van der Waals surface area contributed by atoms with E-state index in [9.17, 15) is 4.79 Å². The van der Waals surface area contributed by atoms with Crippen molar-refractivity contribution in [2.24, 2.45) is 17.8 Å². The van der Waals surface area contributed by atoms with E-state index in [1.807, 2.05) is 31.2 Å². The smallest absolute Gasteiger partial charge is 0.327 e. The lowest BCUT2D eigenvalue weighted by Gasteiger charge is -2.37. The van der Waals surface area contributed by atoms with Crippen LogP contribution in [0.15, 0.2) is 24.3 Å². The van der Waals surface area contributed by atoms with E-state index in [-0.39, 0.29) is 12.1 Å². The number of hydrogen-bond acceptors (Lipinski definition) is 4. The Hall–Kier alpha value is -1.44. The van der Waals surface area contributed by atoms with Crippen molar-refractivity contribution in [2.75, 3.05) is 0 Å². The maximum absolute atomic E-state index is 12.7. The normalized spacial score (nSPS) is 27.1. The molecule has 3 unspecified atom stereocenters. The fourth-order valence-corrected chi connectivity index (χ4v) is 4.38. The number of carbonyl (C=O) groups is 1. The number of nitrogens with zero attached hydrogens (tertiary/aromatic N) is 2. The SMILES string of the molecule is Cc1ccc(-c2n[nH]c(C(I)C(=O)OC3C(C)CC(C)CC3C)n2)cc1. The average Bonchev–Trinajstić information content (AvgIpc) is 3.07. The van der Waals surface area contributed by atoms with Crippen LogP contribution in [0.5, 0.6) is 0 Å². The summed E-state index contributed by atoms with van der Waals surface area (Å²) in [5.74, 6) is 2.36. The van der Waals surface area contributed by atoms with Gasteiger partial charge in [-0.25, -0.2) is 4.98 Å². The van der Waals surface area contributed by atoms with Gasteiger partial charge in [-0.2, -0.15) is 5.10 Å². The summed E-state index contributed by atoms with van der Waals surface area (Å²) >= 11 is 2.08. The molecule has 1 aromatic carbocycles. The quantitative estimate of drug-likeness (QED) is 0.396. The molecule has 0 aliphatic heterocycles. The van der Waals surface area contributed by atoms with Crippen LogP contribution in [0.1, 0.15) is 48.9 Å². The van der Waals surface area contributed by atoms with Crippen LogP contribution in [0.4, 0.5) is 0 Å². The minimum Gasteiger partial charge on any atom is -0.461 e. The Bertz CT molecular complexity index is 747. The molecule has 3 rings (SSSR count). The Morgan fingerprint density at radius 1 is 1.19 bits per heavy atom. The number of halogens is 1. The van der Waals surface area contributed by atoms with Crippen LogP contribution in [0.2, 0.25) is 0 Å². The highest BCUT2D eigenvalue weighted by Crippen LogP contribution is 2.36. The predicted octanol–water partition coefficient (Wildman–Crippen LogP) is 4.87. The molecule has 0 bridgehead atoms. The van der Waals surface area contributed by atoms with Crippen molar-refractivity contribution < 1.29 is 9.53 Å². The number of esters is 1. The first-order valence-electron chi connectivity index (χ1n) is 9.19. The first kappa shape index (κ1) is 19.3. The first-order chi connectivity index (χ1) is 12.3. The van der Waals surface area contributed by atoms with Gasteiger partial charge in [0.2, 0.25) is 0 Å². The number of benzene rings is 1. The van der Waals surface area contributed by atoms with Gasteiger partial charge in [0, 0.05) is 5.56 Å². The standard InChI is InChI=1S/C20H26IN3O2/c1-11-5-7-15(8-6-11)18-22-19(24-23-18)16(21)20(25)26-17-13(3)9-12(2)10-14(17)4/h5-8,12-14,16-17H,9-10H2,1-4H3,(H,22,23,24). The molecule has 0 saturated heterocycles. The molecule has 1 heterocycles. The van der Waals surface area contributed by atoms with Gasteiger partial charge in [-0.1, -0.05) is 73.2 Å². The fourth-order valence-electron chi connectivity index (χ4n) is 3.95. The zero-order valence-corrected chi connectivity index (χ0v) is 17.9.